The fourth-order valence-electron chi connectivity index (χ4n) is 2.50. The van der Waals surface area contributed by atoms with Gasteiger partial charge in [-0.15, -0.1) is 0 Å². The summed E-state index contributed by atoms with van der Waals surface area (Å²) in [6, 6.07) is 8.62. The first-order chi connectivity index (χ1) is 9.74. The Bertz CT molecular complexity index is 687. The van der Waals surface area contributed by atoms with Crippen molar-refractivity contribution < 1.29 is 9.53 Å². The molecule has 0 radical (unpaired) electrons. The number of rotatable bonds is 3. The maximum atomic E-state index is 12.2. The van der Waals surface area contributed by atoms with Crippen LogP contribution < -0.4 is 10.9 Å². The second kappa shape index (κ2) is 5.46. The van der Waals surface area contributed by atoms with Crippen LogP contribution in [0, 0.1) is 0 Å². The van der Waals surface area contributed by atoms with Gasteiger partial charge in [-0.2, -0.15) is 0 Å². The van der Waals surface area contributed by atoms with E-state index in [1.807, 2.05) is 18.2 Å². The lowest BCUT2D eigenvalue weighted by Gasteiger charge is -2.11. The van der Waals surface area contributed by atoms with Gasteiger partial charge >= 0.3 is 0 Å². The number of carbonyl (C=O) groups excluding carboxylic acids is 1. The number of hydrogen-bond donors (Lipinski definition) is 2. The van der Waals surface area contributed by atoms with Crippen molar-refractivity contribution in [1.82, 2.24) is 10.3 Å². The number of ether oxygens (including phenoxy) is 1. The first-order valence-corrected chi connectivity index (χ1v) is 6.76. The summed E-state index contributed by atoms with van der Waals surface area (Å²) in [5.41, 5.74) is 0.801. The average Bonchev–Trinajstić information content (AvgIpc) is 2.97. The second-order valence-corrected chi connectivity index (χ2v) is 4.94. The number of pyridine rings is 1. The average molecular weight is 272 g/mol. The molecule has 1 aliphatic heterocycles. The third-order valence-corrected chi connectivity index (χ3v) is 3.51. The summed E-state index contributed by atoms with van der Waals surface area (Å²) in [6.45, 7) is 1.24. The minimum Gasteiger partial charge on any atom is -0.376 e. The number of hydrogen-bond acceptors (Lipinski definition) is 3. The van der Waals surface area contributed by atoms with Crippen molar-refractivity contribution in [3.05, 3.63) is 46.2 Å². The van der Waals surface area contributed by atoms with Gasteiger partial charge in [-0.05, 0) is 18.9 Å². The van der Waals surface area contributed by atoms with Crippen LogP contribution in [0.15, 0.2) is 35.1 Å². The highest BCUT2D eigenvalue weighted by atomic mass is 16.5. The monoisotopic (exact) mass is 272 g/mol. The number of amides is 1. The summed E-state index contributed by atoms with van der Waals surface area (Å²) in [5, 5.41) is 3.59. The highest BCUT2D eigenvalue weighted by Gasteiger charge is 2.17. The van der Waals surface area contributed by atoms with Crippen molar-refractivity contribution >= 4 is 16.8 Å². The van der Waals surface area contributed by atoms with Crippen molar-refractivity contribution in [2.24, 2.45) is 0 Å². The molecule has 0 aliphatic carbocycles. The van der Waals surface area contributed by atoms with E-state index in [4.69, 9.17) is 4.74 Å². The molecule has 1 aromatic carbocycles. The van der Waals surface area contributed by atoms with E-state index in [0.717, 1.165) is 24.8 Å². The summed E-state index contributed by atoms with van der Waals surface area (Å²) in [4.78, 5) is 26.6. The Kier molecular flexibility index (Phi) is 3.52. The third-order valence-electron chi connectivity index (χ3n) is 3.51. The molecule has 0 bridgehead atoms. The number of nitrogens with one attached hydrogen (secondary N) is 2. The van der Waals surface area contributed by atoms with Gasteiger partial charge in [0.2, 0.25) is 5.56 Å². The number of carbonyl (C=O) groups is 1. The smallest absolute Gasteiger partial charge is 0.252 e. The molecule has 0 saturated carbocycles. The first kappa shape index (κ1) is 12.9. The van der Waals surface area contributed by atoms with E-state index in [9.17, 15) is 9.59 Å². The molecule has 2 heterocycles. The zero-order valence-corrected chi connectivity index (χ0v) is 11.0. The molecule has 3 rings (SSSR count). The van der Waals surface area contributed by atoms with E-state index >= 15 is 0 Å². The van der Waals surface area contributed by atoms with Crippen molar-refractivity contribution in [3.8, 4) is 0 Å². The largest absolute Gasteiger partial charge is 0.376 e. The van der Waals surface area contributed by atoms with Crippen LogP contribution in [-0.4, -0.2) is 30.1 Å². The van der Waals surface area contributed by atoms with E-state index in [1.54, 1.807) is 6.07 Å². The molecule has 1 aliphatic rings. The molecule has 1 aromatic heterocycles. The van der Waals surface area contributed by atoms with E-state index in [1.165, 1.54) is 6.07 Å². The van der Waals surface area contributed by atoms with Crippen molar-refractivity contribution in [2.75, 3.05) is 13.2 Å². The molecule has 104 valence electrons. The molecule has 0 spiro atoms. The van der Waals surface area contributed by atoms with Crippen molar-refractivity contribution in [3.63, 3.8) is 0 Å². The summed E-state index contributed by atoms with van der Waals surface area (Å²) < 4.78 is 5.47. The molecule has 2 N–H and O–H groups in total. The molecule has 1 fully saturated rings. The van der Waals surface area contributed by atoms with Crippen LogP contribution in [-0.2, 0) is 4.74 Å². The summed E-state index contributed by atoms with van der Waals surface area (Å²) in [5.74, 6) is -0.234. The lowest BCUT2D eigenvalue weighted by Crippen LogP contribution is -2.32. The Labute approximate surface area is 116 Å². The van der Waals surface area contributed by atoms with Gasteiger partial charge in [-0.1, -0.05) is 18.2 Å². The standard InChI is InChI=1S/C15H16N2O3/c18-14-8-12(11-5-1-2-6-13(11)17-14)15(19)16-9-10-4-3-7-20-10/h1-2,5-6,8,10H,3-4,7,9H2,(H,16,19)(H,17,18). The highest BCUT2D eigenvalue weighted by molar-refractivity contribution is 6.05. The van der Waals surface area contributed by atoms with Crippen molar-refractivity contribution in [2.45, 2.75) is 18.9 Å². The van der Waals surface area contributed by atoms with E-state index < -0.39 is 0 Å². The number of H-pyrrole nitrogens is 1. The predicted octanol–water partition coefficient (Wildman–Crippen LogP) is 1.44. The van der Waals surface area contributed by atoms with Crippen LogP contribution in [0.25, 0.3) is 10.9 Å². The molecule has 5 nitrogen and oxygen atoms in total. The van der Waals surface area contributed by atoms with Gasteiger partial charge in [0.15, 0.2) is 0 Å². The predicted molar refractivity (Wildman–Crippen MR) is 75.9 cm³/mol. The normalized spacial score (nSPS) is 18.3. The zero-order valence-electron chi connectivity index (χ0n) is 11.0. The Balaban J connectivity index is 1.85. The summed E-state index contributed by atoms with van der Waals surface area (Å²) in [7, 11) is 0. The van der Waals surface area contributed by atoms with E-state index in [-0.39, 0.29) is 17.6 Å². The number of fused-ring (bicyclic) bond motifs is 1. The van der Waals surface area contributed by atoms with E-state index in [0.29, 0.717) is 17.6 Å². The third kappa shape index (κ3) is 2.58. The van der Waals surface area contributed by atoms with Crippen LogP contribution in [0.4, 0.5) is 0 Å². The SMILES string of the molecule is O=C(NCC1CCCO1)c1cc(=O)[nH]c2ccccc12. The molecular formula is C15H16N2O3. The number of aromatic nitrogens is 1. The molecule has 20 heavy (non-hydrogen) atoms. The Morgan fingerprint density at radius 1 is 1.40 bits per heavy atom. The fraction of sp³-hybridized carbons (Fsp3) is 0.333. The first-order valence-electron chi connectivity index (χ1n) is 6.76. The van der Waals surface area contributed by atoms with Crippen LogP contribution in [0.1, 0.15) is 23.2 Å². The van der Waals surface area contributed by atoms with Crippen LogP contribution in [0.3, 0.4) is 0 Å². The maximum Gasteiger partial charge on any atom is 0.252 e. The Morgan fingerprint density at radius 3 is 3.05 bits per heavy atom. The van der Waals surface area contributed by atoms with Gasteiger partial charge in [0, 0.05) is 30.1 Å². The molecule has 2 aromatic rings. The maximum absolute atomic E-state index is 12.2. The number of para-hydroxylation sites is 1. The van der Waals surface area contributed by atoms with Gasteiger partial charge in [0.05, 0.1) is 11.7 Å². The minimum atomic E-state index is -0.272. The van der Waals surface area contributed by atoms with Crippen LogP contribution >= 0.6 is 0 Å². The van der Waals surface area contributed by atoms with Crippen LogP contribution in [0.5, 0.6) is 0 Å². The molecule has 1 unspecified atom stereocenters. The quantitative estimate of drug-likeness (QED) is 0.888. The number of benzene rings is 1. The second-order valence-electron chi connectivity index (χ2n) is 4.94. The molecule has 1 atom stereocenters. The number of aromatic amines is 1. The zero-order chi connectivity index (χ0) is 13.9. The topological polar surface area (TPSA) is 71.2 Å². The Morgan fingerprint density at radius 2 is 2.25 bits per heavy atom. The van der Waals surface area contributed by atoms with Crippen molar-refractivity contribution in [1.29, 1.82) is 0 Å². The van der Waals surface area contributed by atoms with E-state index in [2.05, 4.69) is 10.3 Å². The highest BCUT2D eigenvalue weighted by Crippen LogP contribution is 2.15. The fourth-order valence-corrected chi connectivity index (χ4v) is 2.50. The molecule has 5 heteroatoms. The summed E-state index contributed by atoms with van der Waals surface area (Å²) in [6.07, 6.45) is 2.09. The Hall–Kier alpha value is -2.14. The lowest BCUT2D eigenvalue weighted by atomic mass is 10.1. The molecule has 1 saturated heterocycles. The van der Waals surface area contributed by atoms with Gasteiger partial charge in [0.1, 0.15) is 0 Å². The molecule has 1 amide bonds. The van der Waals surface area contributed by atoms with Gasteiger partial charge < -0.3 is 15.0 Å². The molecular weight excluding hydrogens is 256 g/mol. The van der Waals surface area contributed by atoms with Crippen LogP contribution in [0.2, 0.25) is 0 Å². The lowest BCUT2D eigenvalue weighted by molar-refractivity contribution is 0.0859. The minimum absolute atomic E-state index is 0.0900. The van der Waals surface area contributed by atoms with Gasteiger partial charge in [-0.3, -0.25) is 9.59 Å². The summed E-state index contributed by atoms with van der Waals surface area (Å²) >= 11 is 0. The van der Waals surface area contributed by atoms with Gasteiger partial charge in [-0.25, -0.2) is 0 Å². The van der Waals surface area contributed by atoms with Gasteiger partial charge in [0.25, 0.3) is 5.91 Å².